The molecule has 0 aliphatic carbocycles. The summed E-state index contributed by atoms with van der Waals surface area (Å²) in [6.07, 6.45) is 3.26. The summed E-state index contributed by atoms with van der Waals surface area (Å²) in [7, 11) is 1.35. The van der Waals surface area contributed by atoms with Crippen LogP contribution < -0.4 is 10.1 Å². The summed E-state index contributed by atoms with van der Waals surface area (Å²) >= 11 is 6.45. The number of rotatable bonds is 6. The number of nitrogens with zero attached hydrogens (tertiary/aromatic N) is 3. The summed E-state index contributed by atoms with van der Waals surface area (Å²) in [5, 5.41) is 7.24. The lowest BCUT2D eigenvalue weighted by atomic mass is 9.99. The Hall–Kier alpha value is -3.39. The van der Waals surface area contributed by atoms with Gasteiger partial charge in [-0.3, -0.25) is 4.79 Å². The maximum absolute atomic E-state index is 12.0. The van der Waals surface area contributed by atoms with E-state index in [1.807, 2.05) is 18.2 Å². The van der Waals surface area contributed by atoms with E-state index in [9.17, 15) is 9.59 Å². The normalized spacial score (nSPS) is 14.7. The van der Waals surface area contributed by atoms with E-state index < -0.39 is 5.97 Å². The van der Waals surface area contributed by atoms with Crippen LogP contribution in [-0.4, -0.2) is 46.4 Å². The van der Waals surface area contributed by atoms with Gasteiger partial charge in [0, 0.05) is 12.0 Å². The van der Waals surface area contributed by atoms with E-state index in [0.29, 0.717) is 29.3 Å². The van der Waals surface area contributed by atoms with E-state index in [0.717, 1.165) is 16.7 Å². The van der Waals surface area contributed by atoms with Gasteiger partial charge in [0.25, 0.3) is 0 Å². The lowest BCUT2D eigenvalue weighted by molar-refractivity contribution is -0.122. The van der Waals surface area contributed by atoms with Crippen LogP contribution in [0.1, 0.15) is 15.9 Å². The van der Waals surface area contributed by atoms with Crippen molar-refractivity contribution in [3.63, 3.8) is 0 Å². The molecule has 8 nitrogen and oxygen atoms in total. The fourth-order valence-electron chi connectivity index (χ4n) is 3.36. The van der Waals surface area contributed by atoms with Crippen LogP contribution in [0.15, 0.2) is 49.1 Å². The molecule has 1 unspecified atom stereocenters. The SMILES string of the molecule is COC(=O)c1cccc(-c2cc(Cl)c3c(c2)CC(CNC(=O)Cn2cncn2)O3)c1. The molecule has 1 N–H and O–H groups in total. The van der Waals surface area contributed by atoms with E-state index in [-0.39, 0.29) is 18.6 Å². The van der Waals surface area contributed by atoms with Crippen molar-refractivity contribution in [3.05, 3.63) is 65.2 Å². The second-order valence-electron chi connectivity index (χ2n) is 6.86. The number of carbonyl (C=O) groups excluding carboxylic acids is 2. The molecule has 9 heteroatoms. The van der Waals surface area contributed by atoms with Crippen LogP contribution in [-0.2, 0) is 22.5 Å². The van der Waals surface area contributed by atoms with Crippen molar-refractivity contribution in [2.24, 2.45) is 0 Å². The summed E-state index contributed by atoms with van der Waals surface area (Å²) in [4.78, 5) is 27.7. The minimum atomic E-state index is -0.394. The van der Waals surface area contributed by atoms with Crippen LogP contribution in [0.3, 0.4) is 0 Å². The maximum Gasteiger partial charge on any atom is 0.337 e. The molecule has 2 aromatic carbocycles. The van der Waals surface area contributed by atoms with Crippen molar-refractivity contribution in [2.75, 3.05) is 13.7 Å². The van der Waals surface area contributed by atoms with Crippen LogP contribution in [0, 0.1) is 0 Å². The molecule has 1 aromatic heterocycles. The fraction of sp³-hybridized carbons (Fsp3) is 0.238. The second kappa shape index (κ2) is 8.54. The highest BCUT2D eigenvalue weighted by Crippen LogP contribution is 2.39. The summed E-state index contributed by atoms with van der Waals surface area (Å²) in [6.45, 7) is 0.451. The van der Waals surface area contributed by atoms with Gasteiger partial charge < -0.3 is 14.8 Å². The Morgan fingerprint density at radius 2 is 2.17 bits per heavy atom. The minimum Gasteiger partial charge on any atom is -0.486 e. The first-order valence-corrected chi connectivity index (χ1v) is 9.68. The number of halogens is 1. The van der Waals surface area contributed by atoms with E-state index in [1.54, 1.807) is 18.2 Å². The standard InChI is InChI=1S/C21H19ClN4O4/c1-29-21(28)14-4-2-3-13(5-14)15-6-16-7-17(30-20(16)18(22)8-15)9-24-19(27)10-26-12-23-11-25-26/h2-6,8,11-12,17H,7,9-10H2,1H3,(H,24,27). The van der Waals surface area contributed by atoms with Gasteiger partial charge in [0.1, 0.15) is 31.1 Å². The number of amides is 1. The molecule has 2 heterocycles. The third-order valence-electron chi connectivity index (χ3n) is 4.77. The smallest absolute Gasteiger partial charge is 0.337 e. The highest BCUT2D eigenvalue weighted by molar-refractivity contribution is 6.32. The molecule has 1 aliphatic heterocycles. The van der Waals surface area contributed by atoms with Gasteiger partial charge in [-0.05, 0) is 35.4 Å². The number of esters is 1. The second-order valence-corrected chi connectivity index (χ2v) is 7.27. The molecular weight excluding hydrogens is 408 g/mol. The van der Waals surface area contributed by atoms with Gasteiger partial charge in [-0.2, -0.15) is 5.10 Å². The van der Waals surface area contributed by atoms with Gasteiger partial charge >= 0.3 is 5.97 Å². The van der Waals surface area contributed by atoms with E-state index in [4.69, 9.17) is 21.1 Å². The molecule has 1 aliphatic rings. The molecule has 1 amide bonds. The largest absolute Gasteiger partial charge is 0.486 e. The van der Waals surface area contributed by atoms with Gasteiger partial charge in [0.15, 0.2) is 0 Å². The molecule has 0 fully saturated rings. The Morgan fingerprint density at radius 1 is 1.30 bits per heavy atom. The van der Waals surface area contributed by atoms with Gasteiger partial charge in [-0.1, -0.05) is 23.7 Å². The van der Waals surface area contributed by atoms with Crippen molar-refractivity contribution in [1.29, 1.82) is 0 Å². The van der Waals surface area contributed by atoms with Crippen LogP contribution in [0.5, 0.6) is 5.75 Å². The Labute approximate surface area is 177 Å². The highest BCUT2D eigenvalue weighted by Gasteiger charge is 2.26. The summed E-state index contributed by atoms with van der Waals surface area (Å²) in [5.41, 5.74) is 3.16. The molecule has 0 spiro atoms. The number of aromatic nitrogens is 3. The molecule has 0 saturated carbocycles. The van der Waals surface area contributed by atoms with E-state index >= 15 is 0 Å². The molecule has 0 radical (unpaired) electrons. The quantitative estimate of drug-likeness (QED) is 0.608. The first kappa shape index (κ1) is 19.9. The van der Waals surface area contributed by atoms with Crippen LogP contribution in [0.25, 0.3) is 11.1 Å². The molecule has 0 bridgehead atoms. The molecule has 1 atom stereocenters. The average molecular weight is 427 g/mol. The zero-order chi connectivity index (χ0) is 21.1. The third kappa shape index (κ3) is 4.28. The molecule has 3 aromatic rings. The molecule has 0 saturated heterocycles. The minimum absolute atomic E-state index is 0.0983. The Bertz CT molecular complexity index is 1080. The summed E-state index contributed by atoms with van der Waals surface area (Å²) < 4.78 is 12.2. The summed E-state index contributed by atoms with van der Waals surface area (Å²) in [6, 6.07) is 11.0. The van der Waals surface area contributed by atoms with E-state index in [2.05, 4.69) is 15.4 Å². The van der Waals surface area contributed by atoms with Crippen molar-refractivity contribution in [3.8, 4) is 16.9 Å². The van der Waals surface area contributed by atoms with Crippen molar-refractivity contribution in [2.45, 2.75) is 19.1 Å². The topological polar surface area (TPSA) is 95.3 Å². The van der Waals surface area contributed by atoms with Crippen LogP contribution in [0.4, 0.5) is 0 Å². The number of fused-ring (bicyclic) bond motifs is 1. The Kier molecular flexibility index (Phi) is 5.67. The number of ether oxygens (including phenoxy) is 2. The first-order valence-electron chi connectivity index (χ1n) is 9.30. The zero-order valence-corrected chi connectivity index (χ0v) is 16.9. The first-order chi connectivity index (χ1) is 14.5. The van der Waals surface area contributed by atoms with Crippen LogP contribution >= 0.6 is 11.6 Å². The number of hydrogen-bond donors (Lipinski definition) is 1. The number of nitrogens with one attached hydrogen (secondary N) is 1. The maximum atomic E-state index is 12.0. The van der Waals surface area contributed by atoms with Crippen molar-refractivity contribution in [1.82, 2.24) is 20.1 Å². The van der Waals surface area contributed by atoms with Gasteiger partial charge in [0.2, 0.25) is 5.91 Å². The fourth-order valence-corrected chi connectivity index (χ4v) is 3.64. The number of methoxy groups -OCH3 is 1. The van der Waals surface area contributed by atoms with E-state index in [1.165, 1.54) is 24.4 Å². The summed E-state index contributed by atoms with van der Waals surface area (Å²) in [5.74, 6) is 0.0562. The Balaban J connectivity index is 1.44. The lowest BCUT2D eigenvalue weighted by Crippen LogP contribution is -2.36. The zero-order valence-electron chi connectivity index (χ0n) is 16.2. The molecule has 154 valence electrons. The third-order valence-corrected chi connectivity index (χ3v) is 5.05. The average Bonchev–Trinajstić information content (AvgIpc) is 3.41. The van der Waals surface area contributed by atoms with Gasteiger partial charge in [-0.25, -0.2) is 14.5 Å². The predicted octanol–water partition coefficient (Wildman–Crippen LogP) is 2.51. The van der Waals surface area contributed by atoms with Gasteiger partial charge in [0.05, 0.1) is 24.2 Å². The molecular formula is C21H19ClN4O4. The number of carbonyl (C=O) groups is 2. The highest BCUT2D eigenvalue weighted by atomic mass is 35.5. The monoisotopic (exact) mass is 426 g/mol. The molecule has 4 rings (SSSR count). The molecule has 30 heavy (non-hydrogen) atoms. The van der Waals surface area contributed by atoms with Crippen molar-refractivity contribution >= 4 is 23.5 Å². The predicted molar refractivity (Wildman–Crippen MR) is 109 cm³/mol. The van der Waals surface area contributed by atoms with Crippen molar-refractivity contribution < 1.29 is 19.1 Å². The number of benzene rings is 2. The lowest BCUT2D eigenvalue weighted by Gasteiger charge is -2.12. The van der Waals surface area contributed by atoms with Crippen LogP contribution in [0.2, 0.25) is 5.02 Å². The number of hydrogen-bond acceptors (Lipinski definition) is 6. The van der Waals surface area contributed by atoms with Gasteiger partial charge in [-0.15, -0.1) is 0 Å². The Morgan fingerprint density at radius 3 is 2.93 bits per heavy atom.